The maximum absolute atomic E-state index is 13.8. The summed E-state index contributed by atoms with van der Waals surface area (Å²) in [6.45, 7) is 1.48. The lowest BCUT2D eigenvalue weighted by Crippen LogP contribution is -2.26. The lowest BCUT2D eigenvalue weighted by molar-refractivity contribution is 0.184. The number of aliphatic hydroxyl groups is 1. The van der Waals surface area contributed by atoms with Gasteiger partial charge in [-0.2, -0.15) is 0 Å². The van der Waals surface area contributed by atoms with Crippen LogP contribution in [0.15, 0.2) is 28.9 Å². The number of rotatable bonds is 6. The molecule has 0 aliphatic heterocycles. The van der Waals surface area contributed by atoms with E-state index in [1.54, 1.807) is 18.3 Å². The van der Waals surface area contributed by atoms with Crippen LogP contribution in [0.3, 0.4) is 0 Å². The molecule has 1 heterocycles. The molecule has 1 aromatic carbocycles. The Balaban J connectivity index is 0.00000220. The van der Waals surface area contributed by atoms with E-state index in [1.165, 1.54) is 17.4 Å². The van der Waals surface area contributed by atoms with Crippen molar-refractivity contribution in [1.29, 1.82) is 0 Å². The summed E-state index contributed by atoms with van der Waals surface area (Å²) in [5.74, 6) is -0.250. The van der Waals surface area contributed by atoms with Crippen LogP contribution >= 0.6 is 39.7 Å². The molecule has 4 nitrogen and oxygen atoms in total. The SMILES string of the molecule is Cl.Nc1ncc(CN(CCO)Cc2cc(Br)ccc2F)s1. The zero-order valence-corrected chi connectivity index (χ0v) is 14.3. The number of nitrogens with zero attached hydrogens (tertiary/aromatic N) is 2. The molecular formula is C13H16BrClFN3OS. The van der Waals surface area contributed by atoms with Crippen molar-refractivity contribution in [3.8, 4) is 0 Å². The summed E-state index contributed by atoms with van der Waals surface area (Å²) in [6.07, 6.45) is 1.71. The third-order valence-electron chi connectivity index (χ3n) is 2.77. The van der Waals surface area contributed by atoms with Crippen molar-refractivity contribution in [2.75, 3.05) is 18.9 Å². The van der Waals surface area contributed by atoms with Gasteiger partial charge in [0.2, 0.25) is 0 Å². The predicted molar refractivity (Wildman–Crippen MR) is 89.1 cm³/mol. The van der Waals surface area contributed by atoms with Crippen molar-refractivity contribution in [1.82, 2.24) is 9.88 Å². The van der Waals surface area contributed by atoms with Crippen molar-refractivity contribution in [2.24, 2.45) is 0 Å². The highest BCUT2D eigenvalue weighted by Crippen LogP contribution is 2.20. The van der Waals surface area contributed by atoms with Crippen LogP contribution in [0.25, 0.3) is 0 Å². The molecule has 0 atom stereocenters. The van der Waals surface area contributed by atoms with Gasteiger partial charge in [-0.25, -0.2) is 9.37 Å². The first-order chi connectivity index (χ1) is 9.58. The van der Waals surface area contributed by atoms with Crippen molar-refractivity contribution in [3.05, 3.63) is 45.1 Å². The Morgan fingerprint density at radius 1 is 1.38 bits per heavy atom. The Hall–Kier alpha value is -0.730. The summed E-state index contributed by atoms with van der Waals surface area (Å²) in [7, 11) is 0. The Morgan fingerprint density at radius 2 is 2.14 bits per heavy atom. The standard InChI is InChI=1S/C13H15BrFN3OS.ClH/c14-10-1-2-12(15)9(5-10)7-18(3-4-19)8-11-6-17-13(16)20-11;/h1-2,5-6,19H,3-4,7-8H2,(H2,16,17);1H. The zero-order chi connectivity index (χ0) is 14.5. The molecule has 0 amide bonds. The molecule has 8 heteroatoms. The number of benzene rings is 1. The highest BCUT2D eigenvalue weighted by Gasteiger charge is 2.12. The van der Waals surface area contributed by atoms with Gasteiger partial charge >= 0.3 is 0 Å². The molecule has 0 bridgehead atoms. The van der Waals surface area contributed by atoms with Gasteiger partial charge in [0, 0.05) is 40.7 Å². The molecule has 3 N–H and O–H groups in total. The average molecular weight is 397 g/mol. The Labute approximate surface area is 141 Å². The van der Waals surface area contributed by atoms with Crippen LogP contribution in [0.2, 0.25) is 0 Å². The van der Waals surface area contributed by atoms with E-state index in [2.05, 4.69) is 20.9 Å². The Kier molecular flexibility index (Phi) is 7.55. The number of nitrogens with two attached hydrogens (primary N) is 1. The molecule has 0 radical (unpaired) electrons. The molecule has 0 fully saturated rings. The number of anilines is 1. The monoisotopic (exact) mass is 395 g/mol. The fourth-order valence-corrected chi connectivity index (χ4v) is 3.01. The number of aromatic nitrogens is 1. The van der Waals surface area contributed by atoms with Crippen LogP contribution in [-0.2, 0) is 13.1 Å². The second kappa shape index (κ2) is 8.65. The van der Waals surface area contributed by atoms with Crippen LogP contribution < -0.4 is 5.73 Å². The van der Waals surface area contributed by atoms with Crippen molar-refractivity contribution in [2.45, 2.75) is 13.1 Å². The number of hydrogen-bond acceptors (Lipinski definition) is 5. The third-order valence-corrected chi connectivity index (χ3v) is 4.07. The lowest BCUT2D eigenvalue weighted by Gasteiger charge is -2.20. The van der Waals surface area contributed by atoms with E-state index >= 15 is 0 Å². The van der Waals surface area contributed by atoms with E-state index in [-0.39, 0.29) is 24.8 Å². The largest absolute Gasteiger partial charge is 0.395 e. The van der Waals surface area contributed by atoms with Gasteiger partial charge in [-0.3, -0.25) is 4.90 Å². The first-order valence-electron chi connectivity index (χ1n) is 6.06. The van der Waals surface area contributed by atoms with Crippen molar-refractivity contribution in [3.63, 3.8) is 0 Å². The van der Waals surface area contributed by atoms with Gasteiger partial charge in [0.05, 0.1) is 6.61 Å². The average Bonchev–Trinajstić information content (AvgIpc) is 2.79. The van der Waals surface area contributed by atoms with E-state index in [9.17, 15) is 4.39 Å². The predicted octanol–water partition coefficient (Wildman–Crippen LogP) is 3.04. The minimum atomic E-state index is -0.250. The molecule has 0 spiro atoms. The van der Waals surface area contributed by atoms with Gasteiger partial charge in [-0.05, 0) is 18.2 Å². The first-order valence-corrected chi connectivity index (χ1v) is 7.66. The maximum atomic E-state index is 13.8. The quantitative estimate of drug-likeness (QED) is 0.788. The minimum absolute atomic E-state index is 0. The van der Waals surface area contributed by atoms with Crippen LogP contribution in [0.1, 0.15) is 10.4 Å². The topological polar surface area (TPSA) is 62.4 Å². The second-order valence-corrected chi connectivity index (χ2v) is 6.40. The number of halogens is 3. The van der Waals surface area contributed by atoms with Gasteiger partial charge in [0.15, 0.2) is 5.13 Å². The molecule has 0 aliphatic carbocycles. The Bertz CT molecular complexity index is 584. The van der Waals surface area contributed by atoms with Gasteiger partial charge in [0.25, 0.3) is 0 Å². The van der Waals surface area contributed by atoms with Gasteiger partial charge < -0.3 is 10.8 Å². The summed E-state index contributed by atoms with van der Waals surface area (Å²) >= 11 is 4.74. The fraction of sp³-hybridized carbons (Fsp3) is 0.308. The molecule has 21 heavy (non-hydrogen) atoms. The number of thiazole rings is 1. The number of aliphatic hydroxyl groups excluding tert-OH is 1. The number of hydrogen-bond donors (Lipinski definition) is 2. The van der Waals surface area contributed by atoms with E-state index in [1.807, 2.05) is 4.90 Å². The van der Waals surface area contributed by atoms with Crippen LogP contribution in [-0.4, -0.2) is 28.1 Å². The van der Waals surface area contributed by atoms with Gasteiger partial charge in [0.1, 0.15) is 5.82 Å². The Morgan fingerprint density at radius 3 is 2.76 bits per heavy atom. The molecular weight excluding hydrogens is 381 g/mol. The lowest BCUT2D eigenvalue weighted by atomic mass is 10.2. The zero-order valence-electron chi connectivity index (χ0n) is 11.1. The first kappa shape index (κ1) is 18.3. The molecule has 0 saturated carbocycles. The van der Waals surface area contributed by atoms with Gasteiger partial charge in [-0.1, -0.05) is 15.9 Å². The normalized spacial score (nSPS) is 10.7. The molecule has 2 rings (SSSR count). The summed E-state index contributed by atoms with van der Waals surface area (Å²) in [6, 6.07) is 4.85. The number of nitrogen functional groups attached to an aromatic ring is 1. The summed E-state index contributed by atoms with van der Waals surface area (Å²) in [5.41, 5.74) is 6.19. The van der Waals surface area contributed by atoms with E-state index in [4.69, 9.17) is 10.8 Å². The molecule has 116 valence electrons. The van der Waals surface area contributed by atoms with E-state index < -0.39 is 0 Å². The summed E-state index contributed by atoms with van der Waals surface area (Å²) in [4.78, 5) is 6.94. The van der Waals surface area contributed by atoms with Crippen molar-refractivity contribution >= 4 is 44.8 Å². The van der Waals surface area contributed by atoms with Gasteiger partial charge in [-0.15, -0.1) is 23.7 Å². The molecule has 1 aromatic heterocycles. The molecule has 2 aromatic rings. The minimum Gasteiger partial charge on any atom is -0.395 e. The molecule has 0 unspecified atom stereocenters. The fourth-order valence-electron chi connectivity index (χ4n) is 1.88. The molecule has 0 saturated heterocycles. The second-order valence-electron chi connectivity index (χ2n) is 4.33. The summed E-state index contributed by atoms with van der Waals surface area (Å²) in [5, 5.41) is 9.65. The third kappa shape index (κ3) is 5.52. The summed E-state index contributed by atoms with van der Waals surface area (Å²) < 4.78 is 14.6. The maximum Gasteiger partial charge on any atom is 0.180 e. The highest BCUT2D eigenvalue weighted by molar-refractivity contribution is 9.10. The molecule has 0 aliphatic rings. The van der Waals surface area contributed by atoms with E-state index in [0.29, 0.717) is 30.3 Å². The smallest absolute Gasteiger partial charge is 0.180 e. The van der Waals surface area contributed by atoms with Crippen LogP contribution in [0.4, 0.5) is 9.52 Å². The van der Waals surface area contributed by atoms with Crippen molar-refractivity contribution < 1.29 is 9.50 Å². The van der Waals surface area contributed by atoms with E-state index in [0.717, 1.165) is 9.35 Å². The van der Waals surface area contributed by atoms with Crippen LogP contribution in [0, 0.1) is 5.82 Å². The highest BCUT2D eigenvalue weighted by atomic mass is 79.9. The van der Waals surface area contributed by atoms with Crippen LogP contribution in [0.5, 0.6) is 0 Å².